The maximum atomic E-state index is 13.5. The number of hydrogen-bond acceptors (Lipinski definition) is 2. The fourth-order valence-electron chi connectivity index (χ4n) is 1.97. The smallest absolute Gasteiger partial charge is 0.369 e. The van der Waals surface area contributed by atoms with E-state index in [9.17, 15) is 17.6 Å². The van der Waals surface area contributed by atoms with E-state index in [1.54, 1.807) is 10.6 Å². The standard InChI is InChI=1S/C12H12F4IN3/c13-7-5-10-9(6-8(7)17)19-11(18)20(10)4-2-1-3-12(14,15)16/h5-6H,1-4H2,(H2,18,19). The first kappa shape index (κ1) is 15.3. The summed E-state index contributed by atoms with van der Waals surface area (Å²) in [6.45, 7) is 0.290. The number of benzene rings is 1. The highest BCUT2D eigenvalue weighted by atomic mass is 127. The van der Waals surface area contributed by atoms with Crippen LogP contribution < -0.4 is 5.73 Å². The monoisotopic (exact) mass is 401 g/mol. The van der Waals surface area contributed by atoms with Gasteiger partial charge in [-0.25, -0.2) is 9.37 Å². The Morgan fingerprint density at radius 2 is 1.95 bits per heavy atom. The molecule has 0 saturated carbocycles. The molecule has 2 rings (SSSR count). The highest BCUT2D eigenvalue weighted by molar-refractivity contribution is 14.1. The number of alkyl halides is 3. The van der Waals surface area contributed by atoms with Crippen LogP contribution in [0.2, 0.25) is 0 Å². The third kappa shape index (κ3) is 3.53. The maximum Gasteiger partial charge on any atom is 0.389 e. The van der Waals surface area contributed by atoms with Crippen LogP contribution in [0.4, 0.5) is 23.5 Å². The van der Waals surface area contributed by atoms with Crippen LogP contribution in [0, 0.1) is 9.39 Å². The minimum atomic E-state index is -4.15. The number of imidazole rings is 1. The lowest BCUT2D eigenvalue weighted by Crippen LogP contribution is -2.08. The third-order valence-electron chi connectivity index (χ3n) is 2.91. The Kier molecular flexibility index (Phi) is 4.40. The van der Waals surface area contributed by atoms with Crippen LogP contribution in [-0.2, 0) is 6.54 Å². The lowest BCUT2D eigenvalue weighted by molar-refractivity contribution is -0.135. The number of nitrogen functional groups attached to an aromatic ring is 1. The van der Waals surface area contributed by atoms with Crippen LogP contribution in [0.1, 0.15) is 19.3 Å². The predicted molar refractivity (Wildman–Crippen MR) is 76.7 cm³/mol. The Morgan fingerprint density at radius 3 is 2.60 bits per heavy atom. The Bertz CT molecular complexity index is 621. The minimum absolute atomic E-state index is 0.00939. The molecule has 1 aromatic carbocycles. The summed E-state index contributed by atoms with van der Waals surface area (Å²) in [4.78, 5) is 4.09. The molecular formula is C12H12F4IN3. The molecule has 0 radical (unpaired) electrons. The second kappa shape index (κ2) is 5.74. The first-order chi connectivity index (χ1) is 9.28. The number of nitrogens with zero attached hydrogens (tertiary/aromatic N) is 2. The summed E-state index contributed by atoms with van der Waals surface area (Å²) in [5.41, 5.74) is 6.78. The molecule has 2 aromatic rings. The average molecular weight is 401 g/mol. The van der Waals surface area contributed by atoms with Crippen molar-refractivity contribution in [2.75, 3.05) is 5.73 Å². The Hall–Kier alpha value is -1.06. The molecule has 0 aliphatic heterocycles. The summed E-state index contributed by atoms with van der Waals surface area (Å²) in [5.74, 6) is -0.206. The van der Waals surface area contributed by atoms with Gasteiger partial charge in [0.2, 0.25) is 5.95 Å². The topological polar surface area (TPSA) is 43.8 Å². The summed E-state index contributed by atoms with van der Waals surface area (Å²) in [6.07, 6.45) is -4.66. The van der Waals surface area contributed by atoms with E-state index in [-0.39, 0.29) is 12.4 Å². The number of aryl methyl sites for hydroxylation is 1. The molecule has 0 unspecified atom stereocenters. The van der Waals surface area contributed by atoms with E-state index in [2.05, 4.69) is 4.98 Å². The number of halogens is 5. The summed E-state index contributed by atoms with van der Waals surface area (Å²) >= 11 is 1.85. The normalized spacial score (nSPS) is 12.2. The molecule has 0 aliphatic rings. The number of fused-ring (bicyclic) bond motifs is 1. The third-order valence-corrected chi connectivity index (χ3v) is 3.74. The molecule has 3 nitrogen and oxygen atoms in total. The van der Waals surface area contributed by atoms with Crippen molar-refractivity contribution in [2.24, 2.45) is 0 Å². The zero-order chi connectivity index (χ0) is 14.9. The second-order valence-electron chi connectivity index (χ2n) is 4.45. The van der Waals surface area contributed by atoms with Crippen molar-refractivity contribution >= 4 is 39.6 Å². The van der Waals surface area contributed by atoms with Crippen LogP contribution in [-0.4, -0.2) is 15.7 Å². The van der Waals surface area contributed by atoms with Crippen molar-refractivity contribution in [3.8, 4) is 0 Å². The van der Waals surface area contributed by atoms with E-state index < -0.39 is 18.4 Å². The van der Waals surface area contributed by atoms with Gasteiger partial charge in [-0.3, -0.25) is 0 Å². The highest BCUT2D eigenvalue weighted by Crippen LogP contribution is 2.25. The fraction of sp³-hybridized carbons (Fsp3) is 0.417. The van der Waals surface area contributed by atoms with Gasteiger partial charge in [0, 0.05) is 19.0 Å². The van der Waals surface area contributed by atoms with Crippen molar-refractivity contribution in [3.63, 3.8) is 0 Å². The van der Waals surface area contributed by atoms with Gasteiger partial charge in [-0.05, 0) is 41.5 Å². The Morgan fingerprint density at radius 1 is 1.25 bits per heavy atom. The van der Waals surface area contributed by atoms with Gasteiger partial charge in [-0.1, -0.05) is 0 Å². The lowest BCUT2D eigenvalue weighted by atomic mass is 10.2. The number of rotatable bonds is 4. The van der Waals surface area contributed by atoms with E-state index in [1.165, 1.54) is 6.07 Å². The molecule has 0 atom stereocenters. The van der Waals surface area contributed by atoms with E-state index in [0.717, 1.165) is 0 Å². The Labute approximate surface area is 126 Å². The zero-order valence-electron chi connectivity index (χ0n) is 10.3. The molecule has 0 spiro atoms. The number of unbranched alkanes of at least 4 members (excludes halogenated alkanes) is 1. The summed E-state index contributed by atoms with van der Waals surface area (Å²) in [5, 5.41) is 0. The first-order valence-corrected chi connectivity index (χ1v) is 7.03. The van der Waals surface area contributed by atoms with Gasteiger partial charge in [0.15, 0.2) is 0 Å². The largest absolute Gasteiger partial charge is 0.389 e. The van der Waals surface area contributed by atoms with Gasteiger partial charge in [-0.2, -0.15) is 13.2 Å². The molecule has 2 N–H and O–H groups in total. The number of aromatic nitrogens is 2. The molecular weight excluding hydrogens is 389 g/mol. The van der Waals surface area contributed by atoms with E-state index in [4.69, 9.17) is 5.73 Å². The van der Waals surface area contributed by atoms with Crippen molar-refractivity contribution in [2.45, 2.75) is 32.0 Å². The lowest BCUT2D eigenvalue weighted by Gasteiger charge is -2.08. The van der Waals surface area contributed by atoms with Gasteiger partial charge in [0.1, 0.15) is 5.82 Å². The SMILES string of the molecule is Nc1nc2cc(I)c(F)cc2n1CCCCC(F)(F)F. The highest BCUT2D eigenvalue weighted by Gasteiger charge is 2.25. The minimum Gasteiger partial charge on any atom is -0.369 e. The summed E-state index contributed by atoms with van der Waals surface area (Å²) in [6, 6.07) is 2.87. The summed E-state index contributed by atoms with van der Waals surface area (Å²) < 4.78 is 51.7. The molecule has 110 valence electrons. The molecule has 1 heterocycles. The second-order valence-corrected chi connectivity index (χ2v) is 5.61. The van der Waals surface area contributed by atoms with Crippen LogP contribution in [0.3, 0.4) is 0 Å². The number of hydrogen-bond donors (Lipinski definition) is 1. The molecule has 0 fully saturated rings. The van der Waals surface area contributed by atoms with Crippen molar-refractivity contribution in [1.29, 1.82) is 0 Å². The molecule has 8 heteroatoms. The quantitative estimate of drug-likeness (QED) is 0.477. The molecule has 20 heavy (non-hydrogen) atoms. The van der Waals surface area contributed by atoms with E-state index in [1.807, 2.05) is 22.6 Å². The Balaban J connectivity index is 2.14. The average Bonchev–Trinajstić information content (AvgIpc) is 2.60. The van der Waals surface area contributed by atoms with Gasteiger partial charge >= 0.3 is 6.18 Å². The number of nitrogens with two attached hydrogens (primary N) is 1. The van der Waals surface area contributed by atoms with Crippen LogP contribution >= 0.6 is 22.6 Å². The number of anilines is 1. The molecule has 0 aliphatic carbocycles. The summed E-state index contributed by atoms with van der Waals surface area (Å²) in [7, 11) is 0. The molecule has 0 amide bonds. The van der Waals surface area contributed by atoms with Gasteiger partial charge < -0.3 is 10.3 Å². The van der Waals surface area contributed by atoms with E-state index in [0.29, 0.717) is 27.6 Å². The van der Waals surface area contributed by atoms with Crippen LogP contribution in [0.15, 0.2) is 12.1 Å². The predicted octanol–water partition coefficient (Wildman–Crippen LogP) is 4.09. The fourth-order valence-corrected chi connectivity index (χ4v) is 2.42. The zero-order valence-corrected chi connectivity index (χ0v) is 12.5. The maximum absolute atomic E-state index is 13.5. The van der Waals surface area contributed by atoms with Crippen molar-refractivity contribution < 1.29 is 17.6 Å². The molecule has 0 saturated heterocycles. The van der Waals surface area contributed by atoms with Crippen LogP contribution in [0.5, 0.6) is 0 Å². The molecule has 1 aromatic heterocycles. The van der Waals surface area contributed by atoms with E-state index >= 15 is 0 Å². The molecule has 0 bridgehead atoms. The van der Waals surface area contributed by atoms with Gasteiger partial charge in [-0.15, -0.1) is 0 Å². The van der Waals surface area contributed by atoms with Crippen molar-refractivity contribution in [3.05, 3.63) is 21.5 Å². The van der Waals surface area contributed by atoms with Crippen LogP contribution in [0.25, 0.3) is 11.0 Å². The van der Waals surface area contributed by atoms with Crippen molar-refractivity contribution in [1.82, 2.24) is 9.55 Å². The van der Waals surface area contributed by atoms with Gasteiger partial charge in [0.05, 0.1) is 14.6 Å². The van der Waals surface area contributed by atoms with Gasteiger partial charge in [0.25, 0.3) is 0 Å². The first-order valence-electron chi connectivity index (χ1n) is 5.95.